The maximum atomic E-state index is 14.4. The van der Waals surface area contributed by atoms with E-state index in [1.807, 2.05) is 92.7 Å². The van der Waals surface area contributed by atoms with Crippen LogP contribution in [0.2, 0.25) is 0 Å². The minimum atomic E-state index is -0.796. The molecule has 8 nitrogen and oxygen atoms in total. The molecule has 0 N–H and O–H groups in total. The average Bonchev–Trinajstić information content (AvgIpc) is 3.37. The molecule has 0 unspecified atom stereocenters. The second-order valence-corrected chi connectivity index (χ2v) is 12.4. The van der Waals surface area contributed by atoms with Gasteiger partial charge in [-0.05, 0) is 73.9 Å². The van der Waals surface area contributed by atoms with Crippen LogP contribution >= 0.6 is 11.3 Å². The number of methoxy groups -OCH3 is 1. The van der Waals surface area contributed by atoms with Crippen molar-refractivity contribution in [3.05, 3.63) is 133 Å². The number of aromatic nitrogens is 1. The summed E-state index contributed by atoms with van der Waals surface area (Å²) in [5.41, 5.74) is 2.99. The molecule has 4 aromatic carbocycles. The van der Waals surface area contributed by atoms with Gasteiger partial charge in [0, 0.05) is 5.56 Å². The Hall–Kier alpha value is -5.15. The molecule has 47 heavy (non-hydrogen) atoms. The highest BCUT2D eigenvalue weighted by molar-refractivity contribution is 7.07. The van der Waals surface area contributed by atoms with Crippen LogP contribution in [0.15, 0.2) is 106 Å². The summed E-state index contributed by atoms with van der Waals surface area (Å²) < 4.78 is 25.5. The first-order valence-electron chi connectivity index (χ1n) is 15.5. The molecule has 9 heteroatoms. The second-order valence-electron chi connectivity index (χ2n) is 11.4. The molecular formula is C38H36N2O6S. The van der Waals surface area contributed by atoms with E-state index in [0.29, 0.717) is 50.0 Å². The zero-order valence-corrected chi connectivity index (χ0v) is 27.8. The number of thiazole rings is 1. The van der Waals surface area contributed by atoms with E-state index >= 15 is 0 Å². The molecule has 0 amide bonds. The Morgan fingerprint density at radius 1 is 0.979 bits per heavy atom. The Labute approximate surface area is 276 Å². The average molecular weight is 649 g/mol. The van der Waals surface area contributed by atoms with Crippen molar-refractivity contribution in [3.8, 4) is 17.2 Å². The van der Waals surface area contributed by atoms with E-state index in [1.54, 1.807) is 37.7 Å². The van der Waals surface area contributed by atoms with Crippen molar-refractivity contribution in [1.82, 2.24) is 4.57 Å². The third-order valence-electron chi connectivity index (χ3n) is 7.83. The summed E-state index contributed by atoms with van der Waals surface area (Å²) in [6.07, 6.45) is 1.80. The number of benzene rings is 4. The van der Waals surface area contributed by atoms with Gasteiger partial charge in [0.1, 0.15) is 12.4 Å². The number of hydrogen-bond acceptors (Lipinski definition) is 8. The number of ether oxygens (including phenoxy) is 4. The van der Waals surface area contributed by atoms with E-state index in [2.05, 4.69) is 0 Å². The SMILES string of the molecule is CCOC(=O)C1=C(C)N=c2s/c(=C/c3c(OCc4ccccc4)ccc4ccccc34)c(=O)n2[C@H]1c1ccc(OC(C)C)c(OC)c1. The number of hydrogen-bond donors (Lipinski definition) is 0. The fourth-order valence-electron chi connectivity index (χ4n) is 5.73. The first kappa shape index (κ1) is 31.8. The molecule has 0 aliphatic carbocycles. The number of nitrogens with zero attached hydrogens (tertiary/aromatic N) is 2. The number of carbonyl (C=O) groups excluding carboxylic acids is 1. The summed E-state index contributed by atoms with van der Waals surface area (Å²) in [6, 6.07) is 26.6. The van der Waals surface area contributed by atoms with Crippen molar-refractivity contribution in [3.63, 3.8) is 0 Å². The fourth-order valence-corrected chi connectivity index (χ4v) is 6.76. The van der Waals surface area contributed by atoms with Crippen molar-refractivity contribution in [2.24, 2.45) is 4.99 Å². The highest BCUT2D eigenvalue weighted by Crippen LogP contribution is 2.37. The number of carbonyl (C=O) groups is 1. The lowest BCUT2D eigenvalue weighted by Gasteiger charge is -2.25. The van der Waals surface area contributed by atoms with Gasteiger partial charge in [0.2, 0.25) is 0 Å². The largest absolute Gasteiger partial charge is 0.493 e. The third-order valence-corrected chi connectivity index (χ3v) is 8.81. The molecule has 240 valence electrons. The van der Waals surface area contributed by atoms with Crippen molar-refractivity contribution < 1.29 is 23.7 Å². The lowest BCUT2D eigenvalue weighted by Crippen LogP contribution is -2.40. The molecule has 2 heterocycles. The van der Waals surface area contributed by atoms with Gasteiger partial charge < -0.3 is 18.9 Å². The van der Waals surface area contributed by atoms with Gasteiger partial charge in [0.25, 0.3) is 5.56 Å². The fraction of sp³-hybridized carbons (Fsp3) is 0.237. The molecule has 1 aliphatic heterocycles. The van der Waals surface area contributed by atoms with E-state index < -0.39 is 12.0 Å². The topological polar surface area (TPSA) is 88.4 Å². The minimum Gasteiger partial charge on any atom is -0.493 e. The second kappa shape index (κ2) is 13.7. The van der Waals surface area contributed by atoms with Gasteiger partial charge in [-0.1, -0.05) is 78.1 Å². The van der Waals surface area contributed by atoms with Crippen LogP contribution in [0.1, 0.15) is 50.4 Å². The first-order chi connectivity index (χ1) is 22.8. The maximum absolute atomic E-state index is 14.4. The van der Waals surface area contributed by atoms with Gasteiger partial charge >= 0.3 is 5.97 Å². The van der Waals surface area contributed by atoms with Crippen molar-refractivity contribution in [2.75, 3.05) is 13.7 Å². The van der Waals surface area contributed by atoms with Crippen molar-refractivity contribution in [1.29, 1.82) is 0 Å². The summed E-state index contributed by atoms with van der Waals surface area (Å²) in [5, 5.41) is 1.97. The van der Waals surface area contributed by atoms with E-state index in [4.69, 9.17) is 23.9 Å². The third kappa shape index (κ3) is 6.44. The molecule has 1 atom stereocenters. The van der Waals surface area contributed by atoms with Crippen LogP contribution in [0.5, 0.6) is 17.2 Å². The Bertz CT molecular complexity index is 2160. The monoisotopic (exact) mass is 648 g/mol. The molecule has 0 bridgehead atoms. The molecule has 0 spiro atoms. The molecule has 1 aliphatic rings. The van der Waals surface area contributed by atoms with Crippen molar-refractivity contribution in [2.45, 2.75) is 46.4 Å². The Kier molecular flexibility index (Phi) is 9.26. The molecular weight excluding hydrogens is 612 g/mol. The summed E-state index contributed by atoms with van der Waals surface area (Å²) >= 11 is 1.27. The summed E-state index contributed by atoms with van der Waals surface area (Å²) in [6.45, 7) is 7.95. The Morgan fingerprint density at radius 2 is 1.72 bits per heavy atom. The van der Waals surface area contributed by atoms with Crippen LogP contribution in [-0.4, -0.2) is 30.4 Å². The normalized spacial score (nSPS) is 14.6. The summed E-state index contributed by atoms with van der Waals surface area (Å²) in [4.78, 5) is 33.1. The van der Waals surface area contributed by atoms with E-state index in [0.717, 1.165) is 21.9 Å². The highest BCUT2D eigenvalue weighted by Gasteiger charge is 2.34. The van der Waals surface area contributed by atoms with Gasteiger partial charge in [0.15, 0.2) is 16.3 Å². The zero-order chi connectivity index (χ0) is 33.1. The lowest BCUT2D eigenvalue weighted by molar-refractivity contribution is -0.139. The maximum Gasteiger partial charge on any atom is 0.338 e. The van der Waals surface area contributed by atoms with Gasteiger partial charge in [0.05, 0.1) is 41.7 Å². The summed E-state index contributed by atoms with van der Waals surface area (Å²) in [7, 11) is 1.56. The molecule has 0 saturated heterocycles. The Balaban J connectivity index is 1.53. The summed E-state index contributed by atoms with van der Waals surface area (Å²) in [5.74, 6) is 1.19. The van der Waals surface area contributed by atoms with Crippen LogP contribution in [0.3, 0.4) is 0 Å². The predicted octanol–water partition coefficient (Wildman–Crippen LogP) is 6.33. The van der Waals surface area contributed by atoms with Crippen LogP contribution < -0.4 is 29.1 Å². The minimum absolute atomic E-state index is 0.0692. The van der Waals surface area contributed by atoms with Gasteiger partial charge in [-0.3, -0.25) is 9.36 Å². The van der Waals surface area contributed by atoms with E-state index in [1.165, 1.54) is 11.3 Å². The van der Waals surface area contributed by atoms with Gasteiger partial charge in [-0.2, -0.15) is 0 Å². The molecule has 1 aromatic heterocycles. The highest BCUT2D eigenvalue weighted by atomic mass is 32.1. The standard InChI is InChI=1S/C38H36N2O6S/c1-6-44-37(42)34-24(4)39-38-40(35(34)27-17-19-31(46-23(2)3)32(20-27)43-5)36(41)33(47-38)21-29-28-15-11-10-14-26(28)16-18-30(29)45-22-25-12-8-7-9-13-25/h7-21,23,35H,6,22H2,1-5H3/b33-21+/t35-/m0/s1. The number of allylic oxidation sites excluding steroid dienone is 1. The quantitative estimate of drug-likeness (QED) is 0.165. The van der Waals surface area contributed by atoms with Crippen molar-refractivity contribution >= 4 is 34.2 Å². The molecule has 0 fully saturated rings. The van der Waals surface area contributed by atoms with Gasteiger partial charge in [-0.15, -0.1) is 0 Å². The van der Waals surface area contributed by atoms with Crippen LogP contribution in [-0.2, 0) is 16.1 Å². The first-order valence-corrected chi connectivity index (χ1v) is 16.3. The molecule has 6 rings (SSSR count). The van der Waals surface area contributed by atoms with Gasteiger partial charge in [-0.25, -0.2) is 9.79 Å². The van der Waals surface area contributed by atoms with Crippen LogP contribution in [0.4, 0.5) is 0 Å². The molecule has 0 radical (unpaired) electrons. The smallest absolute Gasteiger partial charge is 0.338 e. The lowest BCUT2D eigenvalue weighted by atomic mass is 9.95. The molecule has 5 aromatic rings. The zero-order valence-electron chi connectivity index (χ0n) is 27.0. The van der Waals surface area contributed by atoms with Crippen LogP contribution in [0.25, 0.3) is 16.8 Å². The number of fused-ring (bicyclic) bond motifs is 2. The van der Waals surface area contributed by atoms with E-state index in [-0.39, 0.29) is 18.3 Å². The molecule has 0 saturated carbocycles. The Morgan fingerprint density at radius 3 is 2.47 bits per heavy atom. The predicted molar refractivity (Wildman–Crippen MR) is 184 cm³/mol. The van der Waals surface area contributed by atoms with Crippen LogP contribution in [0, 0.1) is 0 Å². The van der Waals surface area contributed by atoms with E-state index in [9.17, 15) is 9.59 Å². The number of rotatable bonds is 10. The number of esters is 1.